The fourth-order valence-electron chi connectivity index (χ4n) is 1.67. The maximum absolute atomic E-state index is 13.7. The molecule has 0 saturated carbocycles. The Labute approximate surface area is 115 Å². The van der Waals surface area contributed by atoms with Crippen molar-refractivity contribution < 1.29 is 9.18 Å². The number of carbonyl (C=O) groups excluding carboxylic acids is 1. The van der Waals surface area contributed by atoms with E-state index in [2.05, 4.69) is 5.32 Å². The zero-order valence-corrected chi connectivity index (χ0v) is 11.0. The molecule has 3 nitrogen and oxygen atoms in total. The van der Waals surface area contributed by atoms with Crippen molar-refractivity contribution in [2.45, 2.75) is 6.92 Å². The van der Waals surface area contributed by atoms with Gasteiger partial charge in [0, 0.05) is 11.3 Å². The Kier molecular flexibility index (Phi) is 3.71. The zero-order valence-electron chi connectivity index (χ0n) is 10.2. The fraction of sp³-hybridized carbons (Fsp3) is 0.0714. The first-order chi connectivity index (χ1) is 8.99. The third kappa shape index (κ3) is 2.85. The number of rotatable bonds is 2. The molecule has 1 amide bonds. The standard InChI is InChI=1S/C14H12ClFN2O/c1-8-5-6-9(17)7-10(8)14(19)18-12-4-2-3-11(15)13(12)16/h2-7H,17H2,1H3,(H,18,19). The minimum Gasteiger partial charge on any atom is -0.399 e. The molecule has 0 atom stereocenters. The second-order valence-electron chi connectivity index (χ2n) is 4.13. The van der Waals surface area contributed by atoms with Crippen LogP contribution in [-0.2, 0) is 0 Å². The van der Waals surface area contributed by atoms with E-state index in [9.17, 15) is 9.18 Å². The molecule has 19 heavy (non-hydrogen) atoms. The Morgan fingerprint density at radius 2 is 2.05 bits per heavy atom. The Morgan fingerprint density at radius 1 is 1.32 bits per heavy atom. The number of nitrogens with one attached hydrogen (secondary N) is 1. The minimum atomic E-state index is -0.654. The summed E-state index contributed by atoms with van der Waals surface area (Å²) in [6.07, 6.45) is 0. The lowest BCUT2D eigenvalue weighted by atomic mass is 10.1. The van der Waals surface area contributed by atoms with Crippen LogP contribution in [0.4, 0.5) is 15.8 Å². The molecule has 0 aromatic heterocycles. The predicted octanol–water partition coefficient (Wildman–Crippen LogP) is 3.62. The first-order valence-corrected chi connectivity index (χ1v) is 5.98. The average Bonchev–Trinajstić information content (AvgIpc) is 2.38. The lowest BCUT2D eigenvalue weighted by Crippen LogP contribution is -2.14. The molecule has 2 aromatic rings. The molecular formula is C14H12ClFN2O. The number of hydrogen-bond acceptors (Lipinski definition) is 2. The number of anilines is 2. The number of nitrogen functional groups attached to an aromatic ring is 1. The largest absolute Gasteiger partial charge is 0.399 e. The maximum Gasteiger partial charge on any atom is 0.256 e. The van der Waals surface area contributed by atoms with Crippen LogP contribution in [0.1, 0.15) is 15.9 Å². The van der Waals surface area contributed by atoms with E-state index in [1.54, 1.807) is 31.2 Å². The van der Waals surface area contributed by atoms with Crippen molar-refractivity contribution in [3.8, 4) is 0 Å². The van der Waals surface area contributed by atoms with Crippen molar-refractivity contribution in [3.05, 3.63) is 58.4 Å². The summed E-state index contributed by atoms with van der Waals surface area (Å²) in [6, 6.07) is 9.41. The Bertz CT molecular complexity index is 643. The SMILES string of the molecule is Cc1ccc(N)cc1C(=O)Nc1cccc(Cl)c1F. The summed E-state index contributed by atoms with van der Waals surface area (Å²) in [5.74, 6) is -1.08. The Hall–Kier alpha value is -2.07. The average molecular weight is 279 g/mol. The molecule has 0 aliphatic rings. The molecule has 0 aliphatic heterocycles. The molecule has 98 valence electrons. The number of nitrogens with two attached hydrogens (primary N) is 1. The summed E-state index contributed by atoms with van der Waals surface area (Å²) < 4.78 is 13.7. The van der Waals surface area contributed by atoms with Crippen molar-refractivity contribution in [1.82, 2.24) is 0 Å². The van der Waals surface area contributed by atoms with Gasteiger partial charge in [-0.05, 0) is 36.8 Å². The van der Waals surface area contributed by atoms with Gasteiger partial charge in [-0.2, -0.15) is 0 Å². The highest BCUT2D eigenvalue weighted by Gasteiger charge is 2.13. The van der Waals surface area contributed by atoms with Gasteiger partial charge < -0.3 is 11.1 Å². The maximum atomic E-state index is 13.7. The van der Waals surface area contributed by atoms with Gasteiger partial charge >= 0.3 is 0 Å². The van der Waals surface area contributed by atoms with E-state index in [0.29, 0.717) is 11.3 Å². The van der Waals surface area contributed by atoms with Gasteiger partial charge in [0.1, 0.15) is 0 Å². The van der Waals surface area contributed by atoms with Crippen LogP contribution in [0.25, 0.3) is 0 Å². The van der Waals surface area contributed by atoms with Gasteiger partial charge in [-0.25, -0.2) is 4.39 Å². The van der Waals surface area contributed by atoms with E-state index in [-0.39, 0.29) is 10.7 Å². The predicted molar refractivity (Wildman–Crippen MR) is 75.0 cm³/mol. The Morgan fingerprint density at radius 3 is 2.79 bits per heavy atom. The number of benzene rings is 2. The van der Waals surface area contributed by atoms with Crippen LogP contribution < -0.4 is 11.1 Å². The first-order valence-electron chi connectivity index (χ1n) is 5.60. The fourth-order valence-corrected chi connectivity index (χ4v) is 1.85. The molecule has 2 aromatic carbocycles. The molecule has 0 aliphatic carbocycles. The van der Waals surface area contributed by atoms with Gasteiger partial charge in [0.2, 0.25) is 0 Å². The molecule has 0 fully saturated rings. The second kappa shape index (κ2) is 5.28. The van der Waals surface area contributed by atoms with E-state index in [1.807, 2.05) is 0 Å². The van der Waals surface area contributed by atoms with E-state index in [1.165, 1.54) is 12.1 Å². The highest BCUT2D eigenvalue weighted by Crippen LogP contribution is 2.23. The summed E-state index contributed by atoms with van der Waals surface area (Å²) in [7, 11) is 0. The van der Waals surface area contributed by atoms with Crippen molar-refractivity contribution >= 4 is 28.9 Å². The Balaban J connectivity index is 2.31. The molecule has 0 unspecified atom stereocenters. The molecule has 0 bridgehead atoms. The van der Waals surface area contributed by atoms with Gasteiger partial charge in [-0.1, -0.05) is 23.7 Å². The molecule has 0 spiro atoms. The smallest absolute Gasteiger partial charge is 0.256 e. The third-order valence-corrected chi connectivity index (χ3v) is 3.00. The van der Waals surface area contributed by atoms with Crippen LogP contribution in [0.15, 0.2) is 36.4 Å². The van der Waals surface area contributed by atoms with E-state index in [0.717, 1.165) is 5.56 Å². The van der Waals surface area contributed by atoms with Crippen molar-refractivity contribution in [2.75, 3.05) is 11.1 Å². The van der Waals surface area contributed by atoms with Crippen LogP contribution in [0.5, 0.6) is 0 Å². The van der Waals surface area contributed by atoms with E-state index in [4.69, 9.17) is 17.3 Å². The lowest BCUT2D eigenvalue weighted by Gasteiger charge is -2.09. The molecule has 5 heteroatoms. The quantitative estimate of drug-likeness (QED) is 0.824. The molecule has 3 N–H and O–H groups in total. The molecule has 0 heterocycles. The van der Waals surface area contributed by atoms with Gasteiger partial charge in [0.05, 0.1) is 10.7 Å². The van der Waals surface area contributed by atoms with Crippen LogP contribution in [0.2, 0.25) is 5.02 Å². The van der Waals surface area contributed by atoms with Gasteiger partial charge in [0.25, 0.3) is 5.91 Å². The lowest BCUT2D eigenvalue weighted by molar-refractivity contribution is 0.102. The van der Waals surface area contributed by atoms with Crippen LogP contribution in [0, 0.1) is 12.7 Å². The summed E-state index contributed by atoms with van der Waals surface area (Å²) in [5.41, 5.74) is 7.31. The van der Waals surface area contributed by atoms with Gasteiger partial charge in [0.15, 0.2) is 5.82 Å². The zero-order chi connectivity index (χ0) is 14.0. The second-order valence-corrected chi connectivity index (χ2v) is 4.54. The van der Waals surface area contributed by atoms with Gasteiger partial charge in [-0.15, -0.1) is 0 Å². The van der Waals surface area contributed by atoms with Crippen LogP contribution in [0.3, 0.4) is 0 Å². The highest BCUT2D eigenvalue weighted by atomic mass is 35.5. The normalized spacial score (nSPS) is 10.3. The molecular weight excluding hydrogens is 267 g/mol. The monoisotopic (exact) mass is 278 g/mol. The number of halogens is 2. The highest BCUT2D eigenvalue weighted by molar-refractivity contribution is 6.31. The topological polar surface area (TPSA) is 55.1 Å². The van der Waals surface area contributed by atoms with E-state index >= 15 is 0 Å². The van der Waals surface area contributed by atoms with E-state index < -0.39 is 11.7 Å². The molecule has 0 saturated heterocycles. The van der Waals surface area contributed by atoms with Gasteiger partial charge in [-0.3, -0.25) is 4.79 Å². The summed E-state index contributed by atoms with van der Waals surface area (Å²) in [6.45, 7) is 1.78. The third-order valence-electron chi connectivity index (χ3n) is 2.71. The number of amides is 1. The molecule has 0 radical (unpaired) electrons. The summed E-state index contributed by atoms with van der Waals surface area (Å²) >= 11 is 5.65. The van der Waals surface area contributed by atoms with Crippen LogP contribution >= 0.6 is 11.6 Å². The number of aryl methyl sites for hydroxylation is 1. The number of hydrogen-bond donors (Lipinski definition) is 2. The molecule has 2 rings (SSSR count). The summed E-state index contributed by atoms with van der Waals surface area (Å²) in [5, 5.41) is 2.44. The van der Waals surface area contributed by atoms with Crippen LogP contribution in [-0.4, -0.2) is 5.91 Å². The minimum absolute atomic E-state index is 0.0397. The summed E-state index contributed by atoms with van der Waals surface area (Å²) in [4.78, 5) is 12.1. The first kappa shape index (κ1) is 13.4. The van der Waals surface area contributed by atoms with Crippen molar-refractivity contribution in [2.24, 2.45) is 0 Å². The van der Waals surface area contributed by atoms with Crippen molar-refractivity contribution in [3.63, 3.8) is 0 Å². The van der Waals surface area contributed by atoms with Crippen molar-refractivity contribution in [1.29, 1.82) is 0 Å². The number of carbonyl (C=O) groups is 1.